The van der Waals surface area contributed by atoms with Gasteiger partial charge in [-0.1, -0.05) is 0 Å². The Labute approximate surface area is 106 Å². The molecule has 5 heteroatoms. The van der Waals surface area contributed by atoms with Gasteiger partial charge in [-0.25, -0.2) is 8.78 Å². The summed E-state index contributed by atoms with van der Waals surface area (Å²) < 4.78 is 26.7. The molecule has 0 radical (unpaired) electrons. The van der Waals surface area contributed by atoms with Crippen LogP contribution in [0.2, 0.25) is 0 Å². The number of hydrogen-bond acceptors (Lipinski definition) is 3. The van der Waals surface area contributed by atoms with E-state index in [1.54, 1.807) is 0 Å². The van der Waals surface area contributed by atoms with Crippen molar-refractivity contribution in [2.75, 3.05) is 33.2 Å². The first-order valence-electron chi connectivity index (χ1n) is 6.16. The fraction of sp³-hybridized carbons (Fsp3) is 0.538. The zero-order chi connectivity index (χ0) is 13.1. The Morgan fingerprint density at radius 3 is 2.83 bits per heavy atom. The van der Waals surface area contributed by atoms with Crippen molar-refractivity contribution in [1.29, 1.82) is 0 Å². The van der Waals surface area contributed by atoms with Crippen molar-refractivity contribution >= 4 is 0 Å². The lowest BCUT2D eigenvalue weighted by Crippen LogP contribution is -2.54. The molecule has 1 unspecified atom stereocenters. The van der Waals surface area contributed by atoms with E-state index in [4.69, 9.17) is 5.73 Å². The van der Waals surface area contributed by atoms with E-state index in [1.165, 1.54) is 12.1 Å². The number of benzene rings is 1. The van der Waals surface area contributed by atoms with Crippen molar-refractivity contribution in [3.05, 3.63) is 35.4 Å². The second-order valence-corrected chi connectivity index (χ2v) is 4.86. The monoisotopic (exact) mass is 255 g/mol. The molecule has 1 aliphatic heterocycles. The minimum atomic E-state index is -0.398. The lowest BCUT2D eigenvalue weighted by Gasteiger charge is -2.39. The van der Waals surface area contributed by atoms with Gasteiger partial charge in [0.2, 0.25) is 0 Å². The second kappa shape index (κ2) is 5.73. The van der Waals surface area contributed by atoms with E-state index in [0.29, 0.717) is 18.7 Å². The molecule has 1 atom stereocenters. The summed E-state index contributed by atoms with van der Waals surface area (Å²) in [6.45, 7) is 3.57. The van der Waals surface area contributed by atoms with Crippen LogP contribution in [0.25, 0.3) is 0 Å². The van der Waals surface area contributed by atoms with Crippen LogP contribution in [0.5, 0.6) is 0 Å². The third kappa shape index (κ3) is 3.04. The fourth-order valence-electron chi connectivity index (χ4n) is 2.36. The Morgan fingerprint density at radius 2 is 2.11 bits per heavy atom. The molecule has 1 aromatic rings. The summed E-state index contributed by atoms with van der Waals surface area (Å²) in [7, 11) is 2.04. The standard InChI is InChI=1S/C13H19F2N3/c1-17-4-5-18(12(7-16)9-17)8-10-6-11(14)2-3-13(10)15/h2-3,6,12H,4-5,7-9,16H2,1H3. The molecular formula is C13H19F2N3. The minimum Gasteiger partial charge on any atom is -0.329 e. The highest BCUT2D eigenvalue weighted by molar-refractivity contribution is 5.18. The van der Waals surface area contributed by atoms with Gasteiger partial charge < -0.3 is 10.6 Å². The molecule has 2 N–H and O–H groups in total. The predicted octanol–water partition coefficient (Wildman–Crippen LogP) is 1.04. The Morgan fingerprint density at radius 1 is 1.33 bits per heavy atom. The Kier molecular flexibility index (Phi) is 4.27. The number of nitrogens with two attached hydrogens (primary N) is 1. The highest BCUT2D eigenvalue weighted by Gasteiger charge is 2.24. The van der Waals surface area contributed by atoms with Crippen molar-refractivity contribution in [3.63, 3.8) is 0 Å². The first kappa shape index (κ1) is 13.4. The summed E-state index contributed by atoms with van der Waals surface area (Å²) in [5, 5.41) is 0. The molecule has 18 heavy (non-hydrogen) atoms. The van der Waals surface area contributed by atoms with Gasteiger partial charge in [-0.2, -0.15) is 0 Å². The average Bonchev–Trinajstić information content (AvgIpc) is 2.36. The molecule has 0 amide bonds. The lowest BCUT2D eigenvalue weighted by atomic mass is 10.1. The normalized spacial score (nSPS) is 22.3. The van der Waals surface area contributed by atoms with Crippen molar-refractivity contribution < 1.29 is 8.78 Å². The molecule has 3 nitrogen and oxygen atoms in total. The third-order valence-electron chi connectivity index (χ3n) is 3.46. The second-order valence-electron chi connectivity index (χ2n) is 4.86. The SMILES string of the molecule is CN1CCN(Cc2cc(F)ccc2F)C(CN)C1. The first-order valence-corrected chi connectivity index (χ1v) is 6.16. The maximum absolute atomic E-state index is 13.6. The average molecular weight is 255 g/mol. The number of rotatable bonds is 3. The molecule has 2 rings (SSSR count). The quantitative estimate of drug-likeness (QED) is 0.876. The van der Waals surface area contributed by atoms with Gasteiger partial charge in [0.25, 0.3) is 0 Å². The maximum Gasteiger partial charge on any atom is 0.127 e. The lowest BCUT2D eigenvalue weighted by molar-refractivity contribution is 0.0870. The zero-order valence-corrected chi connectivity index (χ0v) is 10.6. The molecule has 1 heterocycles. The topological polar surface area (TPSA) is 32.5 Å². The number of nitrogens with zero attached hydrogens (tertiary/aromatic N) is 2. The number of piperazine rings is 1. The van der Waals surface area contributed by atoms with E-state index in [2.05, 4.69) is 9.80 Å². The largest absolute Gasteiger partial charge is 0.329 e. The van der Waals surface area contributed by atoms with Gasteiger partial charge in [0, 0.05) is 44.3 Å². The zero-order valence-electron chi connectivity index (χ0n) is 10.6. The van der Waals surface area contributed by atoms with Gasteiger partial charge in [0.15, 0.2) is 0 Å². The molecule has 1 aliphatic rings. The van der Waals surface area contributed by atoms with Crippen LogP contribution in [-0.4, -0.2) is 49.1 Å². The molecule has 0 spiro atoms. The Bertz CT molecular complexity index is 411. The van der Waals surface area contributed by atoms with Gasteiger partial charge in [-0.15, -0.1) is 0 Å². The van der Waals surface area contributed by atoms with Crippen LogP contribution in [0, 0.1) is 11.6 Å². The maximum atomic E-state index is 13.6. The molecule has 100 valence electrons. The van der Waals surface area contributed by atoms with Crippen molar-refractivity contribution in [2.24, 2.45) is 5.73 Å². The predicted molar refractivity (Wildman–Crippen MR) is 67.1 cm³/mol. The molecular weight excluding hydrogens is 236 g/mol. The van der Waals surface area contributed by atoms with Gasteiger partial charge in [0.1, 0.15) is 11.6 Å². The van der Waals surface area contributed by atoms with Crippen LogP contribution in [-0.2, 0) is 6.54 Å². The summed E-state index contributed by atoms with van der Waals surface area (Å²) in [6.07, 6.45) is 0. The first-order chi connectivity index (χ1) is 8.60. The van der Waals surface area contributed by atoms with Crippen molar-refractivity contribution in [2.45, 2.75) is 12.6 Å². The van der Waals surface area contributed by atoms with Gasteiger partial charge in [0.05, 0.1) is 0 Å². The summed E-state index contributed by atoms with van der Waals surface area (Å²) in [5.74, 6) is -0.754. The van der Waals surface area contributed by atoms with Crippen LogP contribution in [0.15, 0.2) is 18.2 Å². The van der Waals surface area contributed by atoms with Gasteiger partial charge in [-0.05, 0) is 25.2 Å². The summed E-state index contributed by atoms with van der Waals surface area (Å²) in [6, 6.07) is 3.79. The molecule has 1 fully saturated rings. The summed E-state index contributed by atoms with van der Waals surface area (Å²) in [5.41, 5.74) is 6.14. The highest BCUT2D eigenvalue weighted by atomic mass is 19.1. The number of likely N-dealkylation sites (N-methyl/N-ethyl adjacent to an activating group) is 1. The van der Waals surface area contributed by atoms with E-state index < -0.39 is 5.82 Å². The Balaban J connectivity index is 2.10. The van der Waals surface area contributed by atoms with Crippen LogP contribution in [0.4, 0.5) is 8.78 Å². The minimum absolute atomic E-state index is 0.200. The summed E-state index contributed by atoms with van der Waals surface area (Å²) >= 11 is 0. The molecule has 1 aromatic carbocycles. The molecule has 0 bridgehead atoms. The smallest absolute Gasteiger partial charge is 0.127 e. The summed E-state index contributed by atoms with van der Waals surface area (Å²) in [4.78, 5) is 4.33. The van der Waals surface area contributed by atoms with E-state index in [-0.39, 0.29) is 11.9 Å². The molecule has 1 saturated heterocycles. The van der Waals surface area contributed by atoms with Crippen molar-refractivity contribution in [3.8, 4) is 0 Å². The van der Waals surface area contributed by atoms with Crippen LogP contribution in [0.3, 0.4) is 0 Å². The van der Waals surface area contributed by atoms with Crippen molar-refractivity contribution in [1.82, 2.24) is 9.80 Å². The number of hydrogen-bond donors (Lipinski definition) is 1. The molecule has 0 aromatic heterocycles. The van der Waals surface area contributed by atoms with Crippen LogP contribution >= 0.6 is 0 Å². The number of halogens is 2. The molecule has 0 aliphatic carbocycles. The van der Waals surface area contributed by atoms with Crippen LogP contribution in [0.1, 0.15) is 5.56 Å². The van der Waals surface area contributed by atoms with E-state index in [9.17, 15) is 8.78 Å². The van der Waals surface area contributed by atoms with Crippen LogP contribution < -0.4 is 5.73 Å². The van der Waals surface area contributed by atoms with E-state index >= 15 is 0 Å². The third-order valence-corrected chi connectivity index (χ3v) is 3.46. The molecule has 0 saturated carbocycles. The van der Waals surface area contributed by atoms with E-state index in [1.807, 2.05) is 7.05 Å². The van der Waals surface area contributed by atoms with Gasteiger partial charge in [-0.3, -0.25) is 4.90 Å². The van der Waals surface area contributed by atoms with E-state index in [0.717, 1.165) is 25.7 Å². The fourth-order valence-corrected chi connectivity index (χ4v) is 2.36. The highest BCUT2D eigenvalue weighted by Crippen LogP contribution is 2.16. The van der Waals surface area contributed by atoms with Gasteiger partial charge >= 0.3 is 0 Å². The Hall–Kier alpha value is -1.04.